The molecule has 10 nitrogen and oxygen atoms in total. The SMILES string of the molecule is COc1nc(N[C@H]2CC[C@H](OCCO)CC2)nc2[nH]cc(-c3ccc4nnc(C)n4c3)c12. The molecule has 0 atom stereocenters. The fourth-order valence-corrected chi connectivity index (χ4v) is 4.38. The van der Waals surface area contributed by atoms with Gasteiger partial charge in [-0.15, -0.1) is 10.2 Å². The number of rotatable bonds is 7. The third kappa shape index (κ3) is 3.87. The van der Waals surface area contributed by atoms with Crippen molar-refractivity contribution >= 4 is 22.6 Å². The lowest BCUT2D eigenvalue weighted by Gasteiger charge is -2.29. The zero-order chi connectivity index (χ0) is 22.1. The Kier molecular flexibility index (Phi) is 5.62. The summed E-state index contributed by atoms with van der Waals surface area (Å²) in [5, 5.41) is 21.5. The number of fused-ring (bicyclic) bond motifs is 2. The molecule has 0 unspecified atom stereocenters. The number of anilines is 1. The van der Waals surface area contributed by atoms with Gasteiger partial charge in [-0.25, -0.2) is 0 Å². The topological polar surface area (TPSA) is 122 Å². The number of aromatic nitrogens is 6. The minimum atomic E-state index is 0.0661. The molecule has 0 saturated heterocycles. The summed E-state index contributed by atoms with van der Waals surface area (Å²) in [7, 11) is 1.62. The van der Waals surface area contributed by atoms with Crippen LogP contribution in [0.3, 0.4) is 0 Å². The summed E-state index contributed by atoms with van der Waals surface area (Å²) in [5.74, 6) is 1.90. The fourth-order valence-electron chi connectivity index (χ4n) is 4.38. The van der Waals surface area contributed by atoms with E-state index in [4.69, 9.17) is 19.6 Å². The average Bonchev–Trinajstić information content (AvgIpc) is 3.41. The molecule has 168 valence electrons. The lowest BCUT2D eigenvalue weighted by molar-refractivity contribution is 0.00719. The molecule has 4 aromatic rings. The second kappa shape index (κ2) is 8.71. The van der Waals surface area contributed by atoms with E-state index >= 15 is 0 Å². The van der Waals surface area contributed by atoms with Gasteiger partial charge in [-0.3, -0.25) is 4.40 Å². The molecule has 0 spiro atoms. The minimum absolute atomic E-state index is 0.0661. The van der Waals surface area contributed by atoms with Crippen LogP contribution in [0.4, 0.5) is 5.95 Å². The Morgan fingerprint density at radius 2 is 2.03 bits per heavy atom. The first-order valence-corrected chi connectivity index (χ1v) is 10.9. The Labute approximate surface area is 185 Å². The van der Waals surface area contributed by atoms with E-state index < -0.39 is 0 Å². The number of aliphatic hydroxyl groups excluding tert-OH is 1. The lowest BCUT2D eigenvalue weighted by Crippen LogP contribution is -2.30. The van der Waals surface area contributed by atoms with Crippen LogP contribution in [0.1, 0.15) is 31.5 Å². The van der Waals surface area contributed by atoms with Crippen molar-refractivity contribution in [2.45, 2.75) is 44.8 Å². The average molecular weight is 438 g/mol. The van der Waals surface area contributed by atoms with Crippen molar-refractivity contribution in [3.63, 3.8) is 0 Å². The Morgan fingerprint density at radius 3 is 2.81 bits per heavy atom. The highest BCUT2D eigenvalue weighted by molar-refractivity contribution is 5.97. The molecule has 1 saturated carbocycles. The van der Waals surface area contributed by atoms with Crippen molar-refractivity contribution in [1.82, 2.24) is 29.5 Å². The molecule has 1 aliphatic carbocycles. The van der Waals surface area contributed by atoms with Crippen molar-refractivity contribution in [3.05, 3.63) is 30.4 Å². The second-order valence-corrected chi connectivity index (χ2v) is 8.09. The highest BCUT2D eigenvalue weighted by Gasteiger charge is 2.23. The number of aliphatic hydroxyl groups is 1. The highest BCUT2D eigenvalue weighted by Crippen LogP contribution is 2.35. The minimum Gasteiger partial charge on any atom is -0.480 e. The first-order chi connectivity index (χ1) is 15.7. The molecule has 4 heterocycles. The van der Waals surface area contributed by atoms with Crippen LogP contribution < -0.4 is 10.1 Å². The predicted octanol–water partition coefficient (Wildman–Crippen LogP) is 2.72. The number of H-pyrrole nitrogens is 1. The standard InChI is InChI=1S/C22H27N7O3/c1-13-27-28-18-8-3-14(12-29(13)18)17-11-23-20-19(17)21(31-2)26-22(25-20)24-15-4-6-16(7-5-15)32-10-9-30/h3,8,11-12,15-16,30H,4-7,9-10H2,1-2H3,(H2,23,24,25,26)/t15-,16-. The van der Waals surface area contributed by atoms with Gasteiger partial charge in [0.05, 0.1) is 31.8 Å². The Balaban J connectivity index is 1.40. The van der Waals surface area contributed by atoms with Crippen molar-refractivity contribution in [2.24, 2.45) is 0 Å². The first-order valence-electron chi connectivity index (χ1n) is 10.9. The van der Waals surface area contributed by atoms with Crippen LogP contribution in [0.2, 0.25) is 0 Å². The van der Waals surface area contributed by atoms with Crippen LogP contribution in [-0.2, 0) is 4.74 Å². The van der Waals surface area contributed by atoms with Crippen molar-refractivity contribution in [3.8, 4) is 17.0 Å². The fraction of sp³-hybridized carbons (Fsp3) is 0.455. The smallest absolute Gasteiger partial charge is 0.228 e. The van der Waals surface area contributed by atoms with Gasteiger partial charge in [0.25, 0.3) is 0 Å². The van der Waals surface area contributed by atoms with Gasteiger partial charge in [0.2, 0.25) is 11.8 Å². The summed E-state index contributed by atoms with van der Waals surface area (Å²) in [5.41, 5.74) is 3.47. The molecule has 3 N–H and O–H groups in total. The maximum atomic E-state index is 8.93. The maximum Gasteiger partial charge on any atom is 0.228 e. The molecule has 1 fully saturated rings. The highest BCUT2D eigenvalue weighted by atomic mass is 16.5. The predicted molar refractivity (Wildman–Crippen MR) is 120 cm³/mol. The van der Waals surface area contributed by atoms with Gasteiger partial charge in [0, 0.05) is 29.6 Å². The monoisotopic (exact) mass is 437 g/mol. The molecule has 0 aromatic carbocycles. The summed E-state index contributed by atoms with van der Waals surface area (Å²) < 4.78 is 13.3. The largest absolute Gasteiger partial charge is 0.480 e. The van der Waals surface area contributed by atoms with Crippen LogP contribution >= 0.6 is 0 Å². The summed E-state index contributed by atoms with van der Waals surface area (Å²) in [4.78, 5) is 12.6. The number of ether oxygens (including phenoxy) is 2. The number of pyridine rings is 1. The van der Waals surface area contributed by atoms with Gasteiger partial charge in [-0.2, -0.15) is 9.97 Å². The molecule has 0 bridgehead atoms. The van der Waals surface area contributed by atoms with Gasteiger partial charge in [-0.1, -0.05) is 0 Å². The summed E-state index contributed by atoms with van der Waals surface area (Å²) in [6.45, 7) is 2.39. The summed E-state index contributed by atoms with van der Waals surface area (Å²) in [6.07, 6.45) is 7.99. The Morgan fingerprint density at radius 1 is 1.19 bits per heavy atom. The van der Waals surface area contributed by atoms with Gasteiger partial charge in [-0.05, 0) is 44.7 Å². The zero-order valence-corrected chi connectivity index (χ0v) is 18.2. The Bertz CT molecular complexity index is 1230. The number of hydrogen-bond donors (Lipinski definition) is 3. The van der Waals surface area contributed by atoms with E-state index in [0.29, 0.717) is 18.4 Å². The van der Waals surface area contributed by atoms with Gasteiger partial charge >= 0.3 is 0 Å². The maximum absolute atomic E-state index is 8.93. The van der Waals surface area contributed by atoms with Crippen LogP contribution in [0.5, 0.6) is 5.88 Å². The normalized spacial score (nSPS) is 19.0. The van der Waals surface area contributed by atoms with Crippen LogP contribution in [0.25, 0.3) is 27.8 Å². The lowest BCUT2D eigenvalue weighted by atomic mass is 9.93. The van der Waals surface area contributed by atoms with Gasteiger partial charge in [0.15, 0.2) is 5.65 Å². The van der Waals surface area contributed by atoms with E-state index in [2.05, 4.69) is 25.5 Å². The Hall–Kier alpha value is -3.24. The molecule has 32 heavy (non-hydrogen) atoms. The molecule has 10 heteroatoms. The van der Waals surface area contributed by atoms with Crippen LogP contribution in [0.15, 0.2) is 24.5 Å². The van der Waals surface area contributed by atoms with Gasteiger partial charge in [0.1, 0.15) is 11.5 Å². The number of hydrogen-bond acceptors (Lipinski definition) is 8. The van der Waals surface area contributed by atoms with E-state index in [1.54, 1.807) is 7.11 Å². The number of methoxy groups -OCH3 is 1. The molecule has 4 aromatic heterocycles. The van der Waals surface area contributed by atoms with E-state index in [9.17, 15) is 0 Å². The van der Waals surface area contributed by atoms with Gasteiger partial charge < -0.3 is 24.9 Å². The number of aryl methyl sites for hydroxylation is 1. The van der Waals surface area contributed by atoms with E-state index in [0.717, 1.165) is 59.3 Å². The molecule has 5 rings (SSSR count). The van der Waals surface area contributed by atoms with Crippen molar-refractivity contribution in [2.75, 3.05) is 25.6 Å². The molecule has 1 aliphatic rings. The van der Waals surface area contributed by atoms with E-state index in [1.165, 1.54) is 0 Å². The van der Waals surface area contributed by atoms with Crippen LogP contribution in [-0.4, -0.2) is 67.1 Å². The van der Waals surface area contributed by atoms with Crippen LogP contribution in [0, 0.1) is 6.92 Å². The number of nitrogens with one attached hydrogen (secondary N) is 2. The quantitative estimate of drug-likeness (QED) is 0.403. The number of nitrogens with zero attached hydrogens (tertiary/aromatic N) is 5. The zero-order valence-electron chi connectivity index (χ0n) is 18.2. The molecule has 0 aliphatic heterocycles. The third-order valence-corrected chi connectivity index (χ3v) is 6.03. The second-order valence-electron chi connectivity index (χ2n) is 8.09. The van der Waals surface area contributed by atoms with Crippen molar-refractivity contribution < 1.29 is 14.6 Å². The molecule has 0 radical (unpaired) electrons. The first kappa shape index (κ1) is 20.7. The number of aromatic amines is 1. The summed E-state index contributed by atoms with van der Waals surface area (Å²) >= 11 is 0. The van der Waals surface area contributed by atoms with E-state index in [1.807, 2.05) is 35.9 Å². The molecular weight excluding hydrogens is 410 g/mol. The molecular formula is C22H27N7O3. The summed E-state index contributed by atoms with van der Waals surface area (Å²) in [6, 6.07) is 4.23. The van der Waals surface area contributed by atoms with Crippen molar-refractivity contribution in [1.29, 1.82) is 0 Å². The van der Waals surface area contributed by atoms with E-state index in [-0.39, 0.29) is 18.8 Å². The molecule has 0 amide bonds. The third-order valence-electron chi connectivity index (χ3n) is 6.03.